The van der Waals surface area contributed by atoms with E-state index in [1.54, 1.807) is 12.1 Å². The second-order valence-electron chi connectivity index (χ2n) is 11.7. The molecule has 0 saturated carbocycles. The summed E-state index contributed by atoms with van der Waals surface area (Å²) in [4.78, 5) is 25.8. The fourth-order valence-electron chi connectivity index (χ4n) is 5.84. The second-order valence-corrected chi connectivity index (χ2v) is 11.7. The van der Waals surface area contributed by atoms with Crippen molar-refractivity contribution in [3.8, 4) is 28.6 Å². The van der Waals surface area contributed by atoms with Crippen molar-refractivity contribution in [1.82, 2.24) is 30.3 Å². The van der Waals surface area contributed by atoms with Crippen molar-refractivity contribution in [1.29, 1.82) is 0 Å². The lowest BCUT2D eigenvalue weighted by Gasteiger charge is -2.32. The number of hydrogen-bond donors (Lipinski definition) is 4. The molecule has 1 saturated heterocycles. The zero-order chi connectivity index (χ0) is 33.6. The molecule has 0 atom stereocenters. The summed E-state index contributed by atoms with van der Waals surface area (Å²) in [6.07, 6.45) is -0.582. The van der Waals surface area contributed by atoms with E-state index in [4.69, 9.17) is 0 Å². The number of nitrogens with zero attached hydrogens (tertiary/aromatic N) is 4. The van der Waals surface area contributed by atoms with Crippen LogP contribution in [0.3, 0.4) is 0 Å². The summed E-state index contributed by atoms with van der Waals surface area (Å²) in [7, 11) is 0. The fraction of sp³-hybridized carbons (Fsp3) is 0.353. The number of rotatable bonds is 12. The van der Waals surface area contributed by atoms with E-state index >= 15 is 0 Å². The van der Waals surface area contributed by atoms with Crippen LogP contribution in [0.5, 0.6) is 11.5 Å². The maximum Gasteiger partial charge on any atom is 0.405 e. The molecule has 0 aliphatic carbocycles. The number of alkyl halides is 3. The minimum absolute atomic E-state index is 0.0433. The lowest BCUT2D eigenvalue weighted by molar-refractivity contribution is -0.123. The van der Waals surface area contributed by atoms with Gasteiger partial charge in [-0.2, -0.15) is 13.2 Å². The molecule has 5 rings (SSSR count). The highest BCUT2D eigenvalue weighted by atomic mass is 19.4. The van der Waals surface area contributed by atoms with Crippen LogP contribution in [0.25, 0.3) is 17.1 Å². The topological polar surface area (TPSA) is 133 Å². The maximum absolute atomic E-state index is 12.9. The lowest BCUT2D eigenvalue weighted by atomic mass is 9.90. The number of aromatic nitrogens is 3. The van der Waals surface area contributed by atoms with E-state index in [0.717, 1.165) is 56.1 Å². The van der Waals surface area contributed by atoms with E-state index < -0.39 is 18.6 Å². The minimum atomic E-state index is -4.62. The highest BCUT2D eigenvalue weighted by molar-refractivity contribution is 5.92. The Morgan fingerprint density at radius 1 is 0.957 bits per heavy atom. The van der Waals surface area contributed by atoms with Gasteiger partial charge in [0, 0.05) is 24.8 Å². The Morgan fingerprint density at radius 3 is 2.26 bits per heavy atom. The average molecular weight is 651 g/mol. The van der Waals surface area contributed by atoms with Gasteiger partial charge in [-0.15, -0.1) is 10.2 Å². The van der Waals surface area contributed by atoms with E-state index in [0.29, 0.717) is 36.5 Å². The number of benzene rings is 3. The number of nitrogens with one attached hydrogen (secondary N) is 2. The molecule has 1 fully saturated rings. The zero-order valence-corrected chi connectivity index (χ0v) is 25.9. The molecule has 248 valence electrons. The Balaban J connectivity index is 1.29. The van der Waals surface area contributed by atoms with Crippen molar-refractivity contribution in [3.05, 3.63) is 88.7 Å². The van der Waals surface area contributed by atoms with Gasteiger partial charge >= 0.3 is 6.18 Å². The van der Waals surface area contributed by atoms with Crippen LogP contribution in [-0.2, 0) is 30.7 Å². The number of halogens is 3. The minimum Gasteiger partial charge on any atom is -0.508 e. The Kier molecular flexibility index (Phi) is 10.4. The van der Waals surface area contributed by atoms with Crippen LogP contribution in [0, 0.1) is 5.92 Å². The van der Waals surface area contributed by atoms with Gasteiger partial charge < -0.3 is 20.8 Å². The zero-order valence-electron chi connectivity index (χ0n) is 25.9. The molecule has 0 bridgehead atoms. The highest BCUT2D eigenvalue weighted by Gasteiger charge is 2.30. The SMILES string of the molecule is CCc1cc(-c2nnc(C(=O)NCC(F)(F)F)n2-c2ccc(CC3CCN(Cc4ccc(CNC=O)cc4)CC3)cc2)c(O)cc1O. The third-order valence-electron chi connectivity index (χ3n) is 8.38. The summed E-state index contributed by atoms with van der Waals surface area (Å²) in [5.74, 6) is -1.36. The van der Waals surface area contributed by atoms with Crippen molar-refractivity contribution >= 4 is 12.3 Å². The van der Waals surface area contributed by atoms with Crippen molar-refractivity contribution in [2.45, 2.75) is 51.9 Å². The van der Waals surface area contributed by atoms with Gasteiger partial charge in [0.15, 0.2) is 5.82 Å². The van der Waals surface area contributed by atoms with E-state index in [1.807, 2.05) is 36.5 Å². The van der Waals surface area contributed by atoms with Crippen LogP contribution in [0.1, 0.15) is 52.6 Å². The van der Waals surface area contributed by atoms with E-state index in [-0.39, 0.29) is 28.7 Å². The Labute approximate surface area is 270 Å². The van der Waals surface area contributed by atoms with Crippen LogP contribution in [0.15, 0.2) is 60.7 Å². The van der Waals surface area contributed by atoms with Gasteiger partial charge in [-0.05, 0) is 85.1 Å². The number of carbonyl (C=O) groups is 2. The van der Waals surface area contributed by atoms with Crippen LogP contribution in [0.4, 0.5) is 13.2 Å². The van der Waals surface area contributed by atoms with Crippen molar-refractivity contribution in [3.63, 3.8) is 0 Å². The molecule has 2 amide bonds. The summed E-state index contributed by atoms with van der Waals surface area (Å²) < 4.78 is 39.9. The molecular formula is C34H37F3N6O4. The number of piperidine rings is 1. The molecule has 0 radical (unpaired) electrons. The van der Waals surface area contributed by atoms with Gasteiger partial charge in [-0.3, -0.25) is 19.1 Å². The number of aromatic hydroxyl groups is 2. The van der Waals surface area contributed by atoms with Crippen molar-refractivity contribution in [2.75, 3.05) is 19.6 Å². The molecule has 10 nitrogen and oxygen atoms in total. The van der Waals surface area contributed by atoms with Gasteiger partial charge in [0.2, 0.25) is 12.2 Å². The van der Waals surface area contributed by atoms with Crippen LogP contribution in [-0.4, -0.2) is 68.0 Å². The summed E-state index contributed by atoms with van der Waals surface area (Å²) >= 11 is 0. The molecule has 1 aliphatic heterocycles. The third-order valence-corrected chi connectivity index (χ3v) is 8.38. The molecule has 47 heavy (non-hydrogen) atoms. The molecule has 2 heterocycles. The van der Waals surface area contributed by atoms with Gasteiger partial charge in [0.05, 0.1) is 5.56 Å². The largest absolute Gasteiger partial charge is 0.508 e. The number of phenolic OH excluding ortho intramolecular Hbond substituents is 2. The third kappa shape index (κ3) is 8.47. The lowest BCUT2D eigenvalue weighted by Crippen LogP contribution is -2.35. The molecule has 1 aromatic heterocycles. The maximum atomic E-state index is 12.9. The van der Waals surface area contributed by atoms with E-state index in [1.165, 1.54) is 16.2 Å². The first-order valence-corrected chi connectivity index (χ1v) is 15.5. The first kappa shape index (κ1) is 33.5. The van der Waals surface area contributed by atoms with Gasteiger partial charge in [0.1, 0.15) is 18.0 Å². The van der Waals surface area contributed by atoms with Gasteiger partial charge in [-0.25, -0.2) is 0 Å². The fourth-order valence-corrected chi connectivity index (χ4v) is 5.84. The monoisotopic (exact) mass is 650 g/mol. The molecule has 4 N–H and O–H groups in total. The number of aryl methyl sites for hydroxylation is 1. The number of phenols is 2. The number of carbonyl (C=O) groups excluding carboxylic acids is 2. The summed E-state index contributed by atoms with van der Waals surface area (Å²) in [6.45, 7) is 3.58. The summed E-state index contributed by atoms with van der Waals surface area (Å²) in [6, 6.07) is 18.3. The van der Waals surface area contributed by atoms with Crippen molar-refractivity contribution < 1.29 is 33.0 Å². The second kappa shape index (κ2) is 14.7. The number of likely N-dealkylation sites (tertiary alicyclic amines) is 1. The Hall–Kier alpha value is -4.91. The number of hydrogen-bond acceptors (Lipinski definition) is 7. The molecule has 4 aromatic rings. The van der Waals surface area contributed by atoms with Gasteiger partial charge in [0.25, 0.3) is 5.91 Å². The standard InChI is InChI=1S/C34H37F3N6O4/c1-2-26-16-28(30(46)17-29(26)45)31-40-41-32(33(47)39-20-34(35,36)37)43(31)27-9-7-22(8-10-27)15-23-11-13-42(14-12-23)19-25-5-3-24(4-6-25)18-38-21-44/h3-10,16-17,21,23,45-46H,2,11-15,18-20H2,1H3,(H,38,44)(H,39,47). The quantitative estimate of drug-likeness (QED) is 0.160. The number of amides is 2. The van der Waals surface area contributed by atoms with Crippen molar-refractivity contribution in [2.24, 2.45) is 5.92 Å². The highest BCUT2D eigenvalue weighted by Crippen LogP contribution is 2.36. The van der Waals surface area contributed by atoms with E-state index in [9.17, 15) is 33.0 Å². The predicted molar refractivity (Wildman–Crippen MR) is 169 cm³/mol. The Morgan fingerprint density at radius 2 is 1.62 bits per heavy atom. The molecule has 13 heteroatoms. The summed E-state index contributed by atoms with van der Waals surface area (Å²) in [5.41, 5.74) is 4.46. The normalized spacial score (nSPS) is 14.2. The predicted octanol–water partition coefficient (Wildman–Crippen LogP) is 4.90. The van der Waals surface area contributed by atoms with Crippen LogP contribution in [0.2, 0.25) is 0 Å². The van der Waals surface area contributed by atoms with Gasteiger partial charge in [-0.1, -0.05) is 43.3 Å². The average Bonchev–Trinajstić information content (AvgIpc) is 3.49. The first-order valence-electron chi connectivity index (χ1n) is 15.5. The van der Waals surface area contributed by atoms with E-state index in [2.05, 4.69) is 32.5 Å². The van der Waals surface area contributed by atoms with Crippen LogP contribution >= 0.6 is 0 Å². The Bertz CT molecular complexity index is 1680. The molecule has 0 unspecified atom stereocenters. The first-order chi connectivity index (χ1) is 22.5. The van der Waals surface area contributed by atoms with Crippen LogP contribution < -0.4 is 10.6 Å². The smallest absolute Gasteiger partial charge is 0.405 e. The summed E-state index contributed by atoms with van der Waals surface area (Å²) in [5, 5.41) is 33.3. The molecule has 0 spiro atoms. The molecular weight excluding hydrogens is 613 g/mol. The molecule has 3 aromatic carbocycles. The molecule has 1 aliphatic rings.